The molecule has 0 radical (unpaired) electrons. The van der Waals surface area contributed by atoms with Gasteiger partial charge in [-0.25, -0.2) is 0 Å². The number of hydrogen-bond donors (Lipinski definition) is 2. The molecule has 4 nitrogen and oxygen atoms in total. The number of para-hydroxylation sites is 1. The van der Waals surface area contributed by atoms with Crippen LogP contribution in [-0.4, -0.2) is 17.0 Å². The largest absolute Gasteiger partial charge is 0.481 e. The van der Waals surface area contributed by atoms with Crippen LogP contribution in [0.4, 0.5) is 18.9 Å². The van der Waals surface area contributed by atoms with E-state index in [4.69, 9.17) is 5.11 Å². The van der Waals surface area contributed by atoms with Gasteiger partial charge in [0.1, 0.15) is 0 Å². The molecule has 2 atom stereocenters. The number of carbonyl (C=O) groups excluding carboxylic acids is 1. The van der Waals surface area contributed by atoms with Crippen molar-refractivity contribution in [2.24, 2.45) is 11.8 Å². The maximum atomic E-state index is 12.9. The highest BCUT2D eigenvalue weighted by Gasteiger charge is 2.37. The van der Waals surface area contributed by atoms with Crippen molar-refractivity contribution in [1.29, 1.82) is 0 Å². The molecule has 2 N–H and O–H groups in total. The van der Waals surface area contributed by atoms with Gasteiger partial charge in [-0.3, -0.25) is 9.59 Å². The lowest BCUT2D eigenvalue weighted by molar-refractivity contribution is -0.146. The Balaban J connectivity index is 2.22. The summed E-state index contributed by atoms with van der Waals surface area (Å²) in [6.07, 6.45) is -0.889. The molecule has 0 aromatic heterocycles. The van der Waals surface area contributed by atoms with Crippen LogP contribution in [0.25, 0.3) is 0 Å². The summed E-state index contributed by atoms with van der Waals surface area (Å²) >= 11 is 0. The number of nitrogens with one attached hydrogen (secondary N) is 1. The number of aliphatic carboxylic acids is 1. The number of rotatable bonds is 3. The summed E-state index contributed by atoms with van der Waals surface area (Å²) in [6.45, 7) is 0. The molecule has 0 spiro atoms. The highest BCUT2D eigenvalue weighted by atomic mass is 19.4. The van der Waals surface area contributed by atoms with Gasteiger partial charge >= 0.3 is 12.1 Å². The Labute approximate surface area is 124 Å². The summed E-state index contributed by atoms with van der Waals surface area (Å²) in [4.78, 5) is 23.3. The number of amides is 1. The van der Waals surface area contributed by atoms with E-state index >= 15 is 0 Å². The third-order valence-electron chi connectivity index (χ3n) is 3.58. The zero-order valence-corrected chi connectivity index (χ0v) is 11.4. The highest BCUT2D eigenvalue weighted by Crippen LogP contribution is 2.35. The first kappa shape index (κ1) is 16.1. The number of carbonyl (C=O) groups is 2. The fraction of sp³-hybridized carbons (Fsp3) is 0.333. The highest BCUT2D eigenvalue weighted by molar-refractivity contribution is 5.96. The molecule has 0 aliphatic heterocycles. The van der Waals surface area contributed by atoms with Crippen molar-refractivity contribution >= 4 is 17.6 Å². The van der Waals surface area contributed by atoms with E-state index in [-0.39, 0.29) is 18.5 Å². The first-order chi connectivity index (χ1) is 10.3. The van der Waals surface area contributed by atoms with Crippen LogP contribution in [0.15, 0.2) is 36.4 Å². The second kappa shape index (κ2) is 6.21. The van der Waals surface area contributed by atoms with Gasteiger partial charge in [0, 0.05) is 0 Å². The molecule has 0 saturated carbocycles. The molecule has 1 aromatic rings. The van der Waals surface area contributed by atoms with E-state index in [2.05, 4.69) is 5.32 Å². The average Bonchev–Trinajstić information content (AvgIpc) is 2.46. The zero-order valence-electron chi connectivity index (χ0n) is 11.4. The predicted octanol–water partition coefficient (Wildman–Crippen LogP) is 3.31. The van der Waals surface area contributed by atoms with Gasteiger partial charge in [-0.1, -0.05) is 24.3 Å². The minimum absolute atomic E-state index is 0.189. The van der Waals surface area contributed by atoms with Crippen LogP contribution in [-0.2, 0) is 15.8 Å². The summed E-state index contributed by atoms with van der Waals surface area (Å²) in [5.41, 5.74) is -1.32. The van der Waals surface area contributed by atoms with Crippen molar-refractivity contribution in [2.75, 3.05) is 5.32 Å². The van der Waals surface area contributed by atoms with E-state index in [1.807, 2.05) is 0 Å². The van der Waals surface area contributed by atoms with Crippen molar-refractivity contribution in [3.8, 4) is 0 Å². The zero-order chi connectivity index (χ0) is 16.3. The molecule has 0 bridgehead atoms. The number of carboxylic acid groups (broad SMARTS) is 1. The minimum Gasteiger partial charge on any atom is -0.481 e. The molecule has 0 fully saturated rings. The Morgan fingerprint density at radius 3 is 2.27 bits per heavy atom. The standard InChI is InChI=1S/C15H14F3NO3/c16-15(17,18)11-7-3-4-8-12(11)19-13(20)9-5-1-2-6-10(9)14(21)22/h1-4,7-10H,5-6H2,(H,19,20)(H,21,22)/t9-,10+/m1/s1. The summed E-state index contributed by atoms with van der Waals surface area (Å²) in [7, 11) is 0. The van der Waals surface area contributed by atoms with Crippen molar-refractivity contribution in [1.82, 2.24) is 0 Å². The average molecular weight is 313 g/mol. The number of hydrogen-bond acceptors (Lipinski definition) is 2. The second-order valence-corrected chi connectivity index (χ2v) is 5.03. The summed E-state index contributed by atoms with van der Waals surface area (Å²) in [5, 5.41) is 11.3. The lowest BCUT2D eigenvalue weighted by atomic mass is 9.82. The van der Waals surface area contributed by atoms with Crippen LogP contribution < -0.4 is 5.32 Å². The molecule has 22 heavy (non-hydrogen) atoms. The molecule has 2 rings (SSSR count). The van der Waals surface area contributed by atoms with Crippen LogP contribution in [0.2, 0.25) is 0 Å². The summed E-state index contributed by atoms with van der Waals surface area (Å²) < 4.78 is 38.7. The first-order valence-corrected chi connectivity index (χ1v) is 6.65. The van der Waals surface area contributed by atoms with Gasteiger partial charge in [0.2, 0.25) is 5.91 Å². The van der Waals surface area contributed by atoms with Crippen LogP contribution in [0, 0.1) is 11.8 Å². The van der Waals surface area contributed by atoms with Gasteiger partial charge in [-0.2, -0.15) is 13.2 Å². The third kappa shape index (κ3) is 3.47. The van der Waals surface area contributed by atoms with Crippen LogP contribution >= 0.6 is 0 Å². The Hall–Kier alpha value is -2.31. The molecular weight excluding hydrogens is 299 g/mol. The van der Waals surface area contributed by atoms with Gasteiger partial charge < -0.3 is 10.4 Å². The fourth-order valence-electron chi connectivity index (χ4n) is 2.44. The number of alkyl halides is 3. The summed E-state index contributed by atoms with van der Waals surface area (Å²) in [5.74, 6) is -3.66. The van der Waals surface area contributed by atoms with E-state index in [0.717, 1.165) is 12.1 Å². The van der Waals surface area contributed by atoms with Gasteiger partial charge in [0.25, 0.3) is 0 Å². The topological polar surface area (TPSA) is 66.4 Å². The lowest BCUT2D eigenvalue weighted by Crippen LogP contribution is -2.35. The molecule has 0 heterocycles. The minimum atomic E-state index is -4.59. The molecule has 1 aliphatic rings. The van der Waals surface area contributed by atoms with Crippen molar-refractivity contribution in [3.05, 3.63) is 42.0 Å². The van der Waals surface area contributed by atoms with Gasteiger partial charge in [-0.15, -0.1) is 0 Å². The molecule has 1 aliphatic carbocycles. The van der Waals surface area contributed by atoms with Crippen molar-refractivity contribution < 1.29 is 27.9 Å². The Kier molecular flexibility index (Phi) is 4.54. The number of carboxylic acids is 1. The Morgan fingerprint density at radius 2 is 1.68 bits per heavy atom. The normalized spacial score (nSPS) is 21.4. The maximum Gasteiger partial charge on any atom is 0.418 e. The van der Waals surface area contributed by atoms with E-state index in [1.165, 1.54) is 12.1 Å². The van der Waals surface area contributed by atoms with E-state index in [0.29, 0.717) is 0 Å². The van der Waals surface area contributed by atoms with Crippen LogP contribution in [0.3, 0.4) is 0 Å². The fourth-order valence-corrected chi connectivity index (χ4v) is 2.44. The predicted molar refractivity (Wildman–Crippen MR) is 73.1 cm³/mol. The lowest BCUT2D eigenvalue weighted by Gasteiger charge is -2.25. The van der Waals surface area contributed by atoms with Crippen LogP contribution in [0.5, 0.6) is 0 Å². The quantitative estimate of drug-likeness (QED) is 0.841. The third-order valence-corrected chi connectivity index (χ3v) is 3.58. The van der Waals surface area contributed by atoms with E-state index in [9.17, 15) is 22.8 Å². The van der Waals surface area contributed by atoms with Gasteiger partial charge in [-0.05, 0) is 25.0 Å². The number of benzene rings is 1. The molecule has 0 saturated heterocycles. The Morgan fingerprint density at radius 1 is 1.09 bits per heavy atom. The molecule has 0 unspecified atom stereocenters. The second-order valence-electron chi connectivity index (χ2n) is 5.03. The maximum absolute atomic E-state index is 12.9. The molecule has 118 valence electrons. The monoisotopic (exact) mass is 313 g/mol. The van der Waals surface area contributed by atoms with E-state index in [1.54, 1.807) is 12.2 Å². The summed E-state index contributed by atoms with van der Waals surface area (Å²) in [6, 6.07) is 4.61. The number of halogens is 3. The van der Waals surface area contributed by atoms with Crippen molar-refractivity contribution in [3.63, 3.8) is 0 Å². The van der Waals surface area contributed by atoms with Gasteiger partial charge in [0.15, 0.2) is 0 Å². The Bertz CT molecular complexity index is 610. The molecule has 1 amide bonds. The first-order valence-electron chi connectivity index (χ1n) is 6.65. The molecule has 1 aromatic carbocycles. The number of anilines is 1. The molecule has 7 heteroatoms. The smallest absolute Gasteiger partial charge is 0.418 e. The van der Waals surface area contributed by atoms with Crippen LogP contribution in [0.1, 0.15) is 18.4 Å². The van der Waals surface area contributed by atoms with E-state index < -0.39 is 35.5 Å². The molecular formula is C15H14F3NO3. The van der Waals surface area contributed by atoms with Crippen molar-refractivity contribution in [2.45, 2.75) is 19.0 Å². The van der Waals surface area contributed by atoms with Gasteiger partial charge in [0.05, 0.1) is 23.1 Å². The number of allylic oxidation sites excluding steroid dienone is 2. The SMILES string of the molecule is O=C(O)[C@H]1CC=CC[C@H]1C(=O)Nc1ccccc1C(F)(F)F.